The maximum Gasteiger partial charge on any atom is 0.209 e. The van der Waals surface area contributed by atoms with E-state index >= 15 is 0 Å². The molecule has 1 amide bonds. The van der Waals surface area contributed by atoms with Gasteiger partial charge in [0.05, 0.1) is 13.3 Å². The Morgan fingerprint density at radius 3 is 2.66 bits per heavy atom. The second-order valence-electron chi connectivity index (χ2n) is 12.6. The maximum absolute atomic E-state index is 11.5. The van der Waals surface area contributed by atoms with Crippen LogP contribution in [0, 0.1) is 34.0 Å². The predicted molar refractivity (Wildman–Crippen MR) is 129 cm³/mol. The highest BCUT2D eigenvalue weighted by atomic mass is 16.5. The quantitative estimate of drug-likeness (QED) is 0.562. The van der Waals surface area contributed by atoms with Crippen LogP contribution in [0.25, 0.3) is 0 Å². The summed E-state index contributed by atoms with van der Waals surface area (Å²) in [5.41, 5.74) is 4.13. The lowest BCUT2D eigenvalue weighted by Crippen LogP contribution is -2.58. The van der Waals surface area contributed by atoms with Crippen molar-refractivity contribution in [3.63, 3.8) is 0 Å². The fraction of sp³-hybridized carbons (Fsp3) is 0.821. The van der Waals surface area contributed by atoms with Gasteiger partial charge in [-0.3, -0.25) is 9.69 Å². The van der Waals surface area contributed by atoms with E-state index in [0.717, 1.165) is 26.2 Å². The molecular formula is C28H44N2O2. The van der Waals surface area contributed by atoms with E-state index in [1.54, 1.807) is 11.1 Å². The molecule has 3 fully saturated rings. The molecule has 8 atom stereocenters. The summed E-state index contributed by atoms with van der Waals surface area (Å²) < 4.78 is 6.09. The molecule has 4 heteroatoms. The van der Waals surface area contributed by atoms with Crippen molar-refractivity contribution < 1.29 is 9.53 Å². The Hall–Kier alpha value is -1.13. The summed E-state index contributed by atoms with van der Waals surface area (Å²) >= 11 is 0. The van der Waals surface area contributed by atoms with Crippen molar-refractivity contribution in [2.75, 3.05) is 27.4 Å². The van der Waals surface area contributed by atoms with Gasteiger partial charge in [0.25, 0.3) is 0 Å². The summed E-state index contributed by atoms with van der Waals surface area (Å²) in [5, 5.41) is 0. The minimum atomic E-state index is 0.231. The van der Waals surface area contributed by atoms with E-state index in [0.29, 0.717) is 35.3 Å². The molecule has 0 aromatic rings. The van der Waals surface area contributed by atoms with Gasteiger partial charge in [-0.2, -0.15) is 0 Å². The largest absolute Gasteiger partial charge is 0.365 e. The molecule has 4 nitrogen and oxygen atoms in total. The van der Waals surface area contributed by atoms with E-state index in [1.807, 2.05) is 11.9 Å². The number of nitrogens with zero attached hydrogens (tertiary/aromatic N) is 2. The average molecular weight is 441 g/mol. The number of carbonyl (C=O) groups excluding carboxylic acids is 1. The number of hydrogen-bond donors (Lipinski definition) is 0. The Morgan fingerprint density at radius 2 is 1.91 bits per heavy atom. The summed E-state index contributed by atoms with van der Waals surface area (Å²) in [6.45, 7) is 11.6. The zero-order chi connectivity index (χ0) is 22.9. The topological polar surface area (TPSA) is 32.8 Å². The van der Waals surface area contributed by atoms with Crippen LogP contribution in [0.5, 0.6) is 0 Å². The van der Waals surface area contributed by atoms with Crippen LogP contribution in [-0.4, -0.2) is 55.7 Å². The van der Waals surface area contributed by atoms with E-state index in [4.69, 9.17) is 4.74 Å². The van der Waals surface area contributed by atoms with Gasteiger partial charge in [-0.25, -0.2) is 0 Å². The van der Waals surface area contributed by atoms with Gasteiger partial charge < -0.3 is 9.64 Å². The highest BCUT2D eigenvalue weighted by Gasteiger charge is 2.61. The highest BCUT2D eigenvalue weighted by molar-refractivity contribution is 5.47. The maximum atomic E-state index is 11.5. The number of hydrogen-bond acceptors (Lipinski definition) is 3. The van der Waals surface area contributed by atoms with Crippen molar-refractivity contribution in [1.82, 2.24) is 9.80 Å². The Kier molecular flexibility index (Phi) is 5.45. The SMILES string of the molecule is C[C@@H]([C@H]1CC[C@@]2(C)[C@@H]3CC[C@@H]4C(=CC3=CC[C@]12C)CC[C@@H]1N(C)COC[C@]41C)N(C)C=O. The first-order chi connectivity index (χ1) is 15.2. The number of ether oxygens (including phenoxy) is 1. The lowest BCUT2D eigenvalue weighted by molar-refractivity contribution is -0.143. The molecule has 1 saturated heterocycles. The van der Waals surface area contributed by atoms with Crippen molar-refractivity contribution in [2.24, 2.45) is 34.0 Å². The summed E-state index contributed by atoms with van der Waals surface area (Å²) in [4.78, 5) is 15.9. The molecule has 5 rings (SSSR count). The molecule has 0 aromatic heterocycles. The lowest BCUT2D eigenvalue weighted by atomic mass is 9.51. The van der Waals surface area contributed by atoms with Crippen molar-refractivity contribution in [2.45, 2.75) is 84.7 Å². The van der Waals surface area contributed by atoms with Gasteiger partial charge in [0, 0.05) is 24.5 Å². The molecule has 5 aliphatic rings. The second-order valence-corrected chi connectivity index (χ2v) is 12.6. The first kappa shape index (κ1) is 22.7. The normalized spacial score (nSPS) is 47.1. The standard InChI is InChI=1S/C28H44N2O2/c1-19(29(5)17-31)22-12-14-28(4)24-9-8-23-20(15-21(24)11-13-27(22,28)3)7-10-25-26(23,2)16-32-18-30(25)6/h11,15,17,19,22-25H,7-10,12-14,16,18H2,1-6H3/t19-,22+,23+,24+,25-,26+,27+,28-/m0/s1. The Bertz CT molecular complexity index is 835. The second kappa shape index (κ2) is 7.70. The van der Waals surface area contributed by atoms with Crippen molar-refractivity contribution in [1.29, 1.82) is 0 Å². The molecule has 1 heterocycles. The molecule has 0 aromatic carbocycles. The minimum Gasteiger partial charge on any atom is -0.365 e. The number of carbonyl (C=O) groups is 1. The number of amides is 1. The van der Waals surface area contributed by atoms with Crippen molar-refractivity contribution in [3.8, 4) is 0 Å². The molecule has 178 valence electrons. The molecule has 1 aliphatic heterocycles. The molecule has 0 bridgehead atoms. The summed E-state index contributed by atoms with van der Waals surface area (Å²) in [6.07, 6.45) is 15.0. The number of rotatable bonds is 3. The fourth-order valence-corrected chi connectivity index (χ4v) is 9.20. The van der Waals surface area contributed by atoms with Gasteiger partial charge in [-0.05, 0) is 93.1 Å². The zero-order valence-corrected chi connectivity index (χ0v) is 21.2. The number of allylic oxidation sites excluding steroid dienone is 4. The van der Waals surface area contributed by atoms with E-state index in [1.165, 1.54) is 38.5 Å². The van der Waals surface area contributed by atoms with Gasteiger partial charge in [0.1, 0.15) is 0 Å². The minimum absolute atomic E-state index is 0.231. The van der Waals surface area contributed by atoms with Crippen LogP contribution in [0.2, 0.25) is 0 Å². The molecule has 32 heavy (non-hydrogen) atoms. The highest BCUT2D eigenvalue weighted by Crippen LogP contribution is 2.68. The van der Waals surface area contributed by atoms with Crippen LogP contribution in [0.3, 0.4) is 0 Å². The van der Waals surface area contributed by atoms with Crippen LogP contribution in [0.4, 0.5) is 0 Å². The van der Waals surface area contributed by atoms with E-state index < -0.39 is 0 Å². The third kappa shape index (κ3) is 2.97. The van der Waals surface area contributed by atoms with E-state index in [-0.39, 0.29) is 10.8 Å². The third-order valence-electron chi connectivity index (χ3n) is 11.5. The summed E-state index contributed by atoms with van der Waals surface area (Å²) in [7, 11) is 4.21. The molecule has 0 N–H and O–H groups in total. The van der Waals surface area contributed by atoms with Gasteiger partial charge in [0.2, 0.25) is 6.41 Å². The van der Waals surface area contributed by atoms with E-state index in [2.05, 4.69) is 51.8 Å². The molecule has 0 unspecified atom stereocenters. The van der Waals surface area contributed by atoms with Crippen molar-refractivity contribution in [3.05, 3.63) is 23.3 Å². The molecule has 0 radical (unpaired) electrons. The Labute approximate surface area is 195 Å². The zero-order valence-electron chi connectivity index (χ0n) is 21.2. The van der Waals surface area contributed by atoms with Gasteiger partial charge in [0.15, 0.2) is 0 Å². The lowest BCUT2D eigenvalue weighted by Gasteiger charge is -2.55. The fourth-order valence-electron chi connectivity index (χ4n) is 9.20. The van der Waals surface area contributed by atoms with Gasteiger partial charge in [-0.1, -0.05) is 38.5 Å². The molecule has 4 aliphatic carbocycles. The van der Waals surface area contributed by atoms with E-state index in [9.17, 15) is 4.79 Å². The average Bonchev–Trinajstić information content (AvgIpc) is 2.91. The summed E-state index contributed by atoms with van der Waals surface area (Å²) in [5.74, 6) is 1.85. The van der Waals surface area contributed by atoms with Crippen molar-refractivity contribution >= 4 is 6.41 Å². The van der Waals surface area contributed by atoms with Crippen LogP contribution in [0.15, 0.2) is 23.3 Å². The predicted octanol–water partition coefficient (Wildman–Crippen LogP) is 5.26. The number of fused-ring (bicyclic) bond motifs is 6. The van der Waals surface area contributed by atoms with Crippen LogP contribution in [0.1, 0.15) is 72.6 Å². The van der Waals surface area contributed by atoms with Gasteiger partial charge in [-0.15, -0.1) is 0 Å². The molecule has 0 spiro atoms. The Morgan fingerprint density at radius 1 is 1.16 bits per heavy atom. The smallest absolute Gasteiger partial charge is 0.209 e. The first-order valence-corrected chi connectivity index (χ1v) is 13.0. The van der Waals surface area contributed by atoms with Crippen LogP contribution < -0.4 is 0 Å². The molecule has 2 saturated carbocycles. The molecular weight excluding hydrogens is 396 g/mol. The summed E-state index contributed by atoms with van der Waals surface area (Å²) in [6, 6.07) is 0.944. The van der Waals surface area contributed by atoms with Gasteiger partial charge >= 0.3 is 0 Å². The third-order valence-corrected chi connectivity index (χ3v) is 11.5. The van der Waals surface area contributed by atoms with Crippen LogP contribution in [-0.2, 0) is 9.53 Å². The Balaban J connectivity index is 1.47. The monoisotopic (exact) mass is 440 g/mol. The van der Waals surface area contributed by atoms with Crippen LogP contribution >= 0.6 is 0 Å². The first-order valence-electron chi connectivity index (χ1n) is 13.0.